The number of aliphatic hydroxyl groups is 1. The van der Waals surface area contributed by atoms with E-state index in [9.17, 15) is 9.90 Å². The predicted molar refractivity (Wildman–Crippen MR) is 57.1 cm³/mol. The molecule has 0 bridgehead atoms. The fourth-order valence-electron chi connectivity index (χ4n) is 1.92. The number of carbonyl (C=O) groups excluding carboxylic acids is 1. The third kappa shape index (κ3) is 1.45. The van der Waals surface area contributed by atoms with Gasteiger partial charge >= 0.3 is 6.09 Å². The zero-order chi connectivity index (χ0) is 11.7. The number of benzene rings is 1. The minimum absolute atomic E-state index is 0.546. The van der Waals surface area contributed by atoms with Crippen molar-refractivity contribution in [1.82, 2.24) is 0 Å². The second-order valence-corrected chi connectivity index (χ2v) is 3.47. The number of amides is 1. The lowest BCUT2D eigenvalue weighted by Crippen LogP contribution is -2.40. The number of methoxy groups -OCH3 is 2. The van der Waals surface area contributed by atoms with Crippen molar-refractivity contribution in [2.24, 2.45) is 0 Å². The lowest BCUT2D eigenvalue weighted by molar-refractivity contribution is -0.00321. The van der Waals surface area contributed by atoms with E-state index in [0.717, 1.165) is 0 Å². The third-order valence-corrected chi connectivity index (χ3v) is 2.65. The van der Waals surface area contributed by atoms with Crippen LogP contribution in [0.5, 0.6) is 0 Å². The summed E-state index contributed by atoms with van der Waals surface area (Å²) in [4.78, 5) is 12.9. The Kier molecular flexibility index (Phi) is 2.80. The number of ether oxygens (including phenoxy) is 2. The van der Waals surface area contributed by atoms with Crippen LogP contribution < -0.4 is 4.90 Å². The molecule has 86 valence electrons. The van der Waals surface area contributed by atoms with Gasteiger partial charge in [0.25, 0.3) is 0 Å². The van der Waals surface area contributed by atoms with E-state index in [-0.39, 0.29) is 0 Å². The summed E-state index contributed by atoms with van der Waals surface area (Å²) in [5, 5.41) is 9.98. The molecule has 1 amide bonds. The Morgan fingerprint density at radius 2 is 2.06 bits per heavy atom. The van der Waals surface area contributed by atoms with Crippen molar-refractivity contribution >= 4 is 11.8 Å². The Morgan fingerprint density at radius 1 is 1.38 bits per heavy atom. The quantitative estimate of drug-likeness (QED) is 0.779. The molecule has 0 aromatic heterocycles. The number of para-hydroxylation sites is 1. The van der Waals surface area contributed by atoms with E-state index in [4.69, 9.17) is 4.74 Å². The van der Waals surface area contributed by atoms with Gasteiger partial charge in [-0.05, 0) is 6.07 Å². The van der Waals surface area contributed by atoms with Crippen molar-refractivity contribution in [3.63, 3.8) is 0 Å². The molecule has 5 heteroatoms. The van der Waals surface area contributed by atoms with Gasteiger partial charge in [-0.2, -0.15) is 0 Å². The number of carbonyl (C=O) groups is 1. The van der Waals surface area contributed by atoms with Crippen molar-refractivity contribution < 1.29 is 19.4 Å². The highest BCUT2D eigenvalue weighted by Crippen LogP contribution is 2.39. The number of nitrogens with zero attached hydrogens (tertiary/aromatic N) is 1. The fraction of sp³-hybridized carbons (Fsp3) is 0.364. The molecule has 5 nitrogen and oxygen atoms in total. The SMILES string of the molecule is COC(=O)N1c2ccccc2[C@H](O)[C@H]1OC. The molecule has 0 radical (unpaired) electrons. The zero-order valence-corrected chi connectivity index (χ0v) is 9.08. The first-order valence-electron chi connectivity index (χ1n) is 4.87. The molecule has 0 aliphatic carbocycles. The van der Waals surface area contributed by atoms with Gasteiger partial charge in [0, 0.05) is 12.7 Å². The standard InChI is InChI=1S/C11H13NO4/c1-15-10-9(13)7-5-3-4-6-8(7)12(10)11(14)16-2/h3-6,9-10,13H,1-2H3/t9-,10+/m0/s1. The Hall–Kier alpha value is -1.59. The van der Waals surface area contributed by atoms with Crippen molar-refractivity contribution in [3.8, 4) is 0 Å². The first-order valence-corrected chi connectivity index (χ1v) is 4.87. The molecule has 1 aliphatic rings. The topological polar surface area (TPSA) is 59.0 Å². The van der Waals surface area contributed by atoms with Gasteiger partial charge < -0.3 is 14.6 Å². The molecule has 1 aromatic carbocycles. The van der Waals surface area contributed by atoms with Gasteiger partial charge in [0.2, 0.25) is 0 Å². The molecule has 0 spiro atoms. The maximum atomic E-state index is 11.6. The van der Waals surface area contributed by atoms with Crippen LogP contribution in [0.25, 0.3) is 0 Å². The van der Waals surface area contributed by atoms with Crippen LogP contribution in [0.4, 0.5) is 10.5 Å². The van der Waals surface area contributed by atoms with Crippen LogP contribution in [-0.2, 0) is 9.47 Å². The molecule has 1 heterocycles. The van der Waals surface area contributed by atoms with Gasteiger partial charge in [0.15, 0.2) is 6.23 Å². The van der Waals surface area contributed by atoms with Crippen molar-refractivity contribution in [3.05, 3.63) is 29.8 Å². The van der Waals surface area contributed by atoms with Crippen LogP contribution in [0, 0.1) is 0 Å². The molecule has 2 rings (SSSR count). The van der Waals surface area contributed by atoms with E-state index in [1.54, 1.807) is 24.3 Å². The molecule has 0 saturated heterocycles. The second-order valence-electron chi connectivity index (χ2n) is 3.47. The second kappa shape index (κ2) is 4.11. The molecule has 0 unspecified atom stereocenters. The van der Waals surface area contributed by atoms with Crippen molar-refractivity contribution in [2.75, 3.05) is 19.1 Å². The van der Waals surface area contributed by atoms with Gasteiger partial charge in [-0.1, -0.05) is 18.2 Å². The van der Waals surface area contributed by atoms with Crippen molar-refractivity contribution in [2.45, 2.75) is 12.3 Å². The maximum Gasteiger partial charge on any atom is 0.416 e. The number of anilines is 1. The van der Waals surface area contributed by atoms with Crippen molar-refractivity contribution in [1.29, 1.82) is 0 Å². The molecular formula is C11H13NO4. The minimum atomic E-state index is -0.847. The summed E-state index contributed by atoms with van der Waals surface area (Å²) in [7, 11) is 2.73. The molecule has 0 fully saturated rings. The first kappa shape index (κ1) is 10.9. The van der Waals surface area contributed by atoms with Crippen LogP contribution >= 0.6 is 0 Å². The van der Waals surface area contributed by atoms with E-state index in [0.29, 0.717) is 11.3 Å². The highest BCUT2D eigenvalue weighted by Gasteiger charge is 2.41. The van der Waals surface area contributed by atoms with E-state index in [2.05, 4.69) is 4.74 Å². The molecule has 1 aromatic rings. The van der Waals surface area contributed by atoms with Gasteiger partial charge in [-0.15, -0.1) is 0 Å². The predicted octanol–water partition coefficient (Wildman–Crippen LogP) is 1.28. The molecule has 1 aliphatic heterocycles. The van der Waals surface area contributed by atoms with Crippen LogP contribution in [-0.4, -0.2) is 31.6 Å². The first-order chi connectivity index (χ1) is 7.70. The Bertz CT molecular complexity index is 407. The summed E-state index contributed by atoms with van der Waals surface area (Å²) in [5.74, 6) is 0. The Morgan fingerprint density at radius 3 is 2.69 bits per heavy atom. The summed E-state index contributed by atoms with van der Waals surface area (Å²) < 4.78 is 9.78. The van der Waals surface area contributed by atoms with Gasteiger partial charge in [-0.3, -0.25) is 0 Å². The average molecular weight is 223 g/mol. The van der Waals surface area contributed by atoms with Crippen LogP contribution in [0.1, 0.15) is 11.7 Å². The smallest absolute Gasteiger partial charge is 0.416 e. The van der Waals surface area contributed by atoms with Gasteiger partial charge in [0.1, 0.15) is 6.10 Å². The number of aliphatic hydroxyl groups excluding tert-OH is 1. The summed E-state index contributed by atoms with van der Waals surface area (Å²) in [6.07, 6.45) is -2.12. The number of rotatable bonds is 1. The highest BCUT2D eigenvalue weighted by molar-refractivity contribution is 5.91. The van der Waals surface area contributed by atoms with Gasteiger partial charge in [-0.25, -0.2) is 9.69 Å². The van der Waals surface area contributed by atoms with E-state index < -0.39 is 18.4 Å². The third-order valence-electron chi connectivity index (χ3n) is 2.65. The summed E-state index contributed by atoms with van der Waals surface area (Å²) in [6, 6.07) is 7.10. The lowest BCUT2D eigenvalue weighted by atomic mass is 10.1. The van der Waals surface area contributed by atoms with E-state index in [1.807, 2.05) is 0 Å². The minimum Gasteiger partial charge on any atom is -0.452 e. The lowest BCUT2D eigenvalue weighted by Gasteiger charge is -2.23. The zero-order valence-electron chi connectivity index (χ0n) is 9.08. The van der Waals surface area contributed by atoms with Crippen LogP contribution in [0.2, 0.25) is 0 Å². The van der Waals surface area contributed by atoms with Crippen LogP contribution in [0.15, 0.2) is 24.3 Å². The number of hydrogen-bond acceptors (Lipinski definition) is 4. The summed E-state index contributed by atoms with van der Waals surface area (Å²) >= 11 is 0. The summed E-state index contributed by atoms with van der Waals surface area (Å²) in [6.45, 7) is 0. The monoisotopic (exact) mass is 223 g/mol. The maximum absolute atomic E-state index is 11.6. The largest absolute Gasteiger partial charge is 0.452 e. The van der Waals surface area contributed by atoms with Crippen LogP contribution in [0.3, 0.4) is 0 Å². The molecule has 2 atom stereocenters. The number of hydrogen-bond donors (Lipinski definition) is 1. The summed E-state index contributed by atoms with van der Waals surface area (Å²) in [5.41, 5.74) is 1.29. The normalized spacial score (nSPS) is 23.1. The Balaban J connectivity index is 2.46. The average Bonchev–Trinajstić information content (AvgIpc) is 2.62. The Labute approximate surface area is 93.2 Å². The number of fused-ring (bicyclic) bond motifs is 1. The highest BCUT2D eigenvalue weighted by atomic mass is 16.6. The van der Waals surface area contributed by atoms with E-state index >= 15 is 0 Å². The van der Waals surface area contributed by atoms with Gasteiger partial charge in [0.05, 0.1) is 12.8 Å². The molecular weight excluding hydrogens is 210 g/mol. The molecule has 16 heavy (non-hydrogen) atoms. The van der Waals surface area contributed by atoms with E-state index in [1.165, 1.54) is 19.1 Å². The molecule has 0 saturated carbocycles. The fourth-order valence-corrected chi connectivity index (χ4v) is 1.92. The molecule has 1 N–H and O–H groups in total.